The van der Waals surface area contributed by atoms with Gasteiger partial charge >= 0.3 is 0 Å². The highest BCUT2D eigenvalue weighted by Gasteiger charge is 2.21. The summed E-state index contributed by atoms with van der Waals surface area (Å²) in [5.41, 5.74) is 6.73. The van der Waals surface area contributed by atoms with Gasteiger partial charge in [0, 0.05) is 15.5 Å². The van der Waals surface area contributed by atoms with E-state index in [-0.39, 0.29) is 11.2 Å². The lowest BCUT2D eigenvalue weighted by molar-refractivity contribution is 0.546. The fourth-order valence-electron chi connectivity index (χ4n) is 1.73. The highest BCUT2D eigenvalue weighted by atomic mass is 79.9. The lowest BCUT2D eigenvalue weighted by Gasteiger charge is -2.20. The van der Waals surface area contributed by atoms with Crippen LogP contribution in [0.25, 0.3) is 0 Å². The largest absolute Gasteiger partial charge is 0.383 e. The van der Waals surface area contributed by atoms with Crippen LogP contribution in [-0.4, -0.2) is 9.97 Å². The minimum atomic E-state index is -0.363. The quantitative estimate of drug-likeness (QED) is 0.845. The predicted octanol–water partition coefficient (Wildman–Crippen LogP) is 4.31. The van der Waals surface area contributed by atoms with Crippen molar-refractivity contribution in [2.24, 2.45) is 0 Å². The van der Waals surface area contributed by atoms with Crippen LogP contribution in [0.15, 0.2) is 22.7 Å². The molecule has 4 nitrogen and oxygen atoms in total. The monoisotopic (exact) mass is 352 g/mol. The summed E-state index contributed by atoms with van der Waals surface area (Å²) in [6.07, 6.45) is 0. The number of benzene rings is 1. The zero-order chi connectivity index (χ0) is 15.8. The van der Waals surface area contributed by atoms with Gasteiger partial charge in [0.1, 0.15) is 23.3 Å². The van der Waals surface area contributed by atoms with Gasteiger partial charge in [-0.2, -0.15) is 0 Å². The minimum Gasteiger partial charge on any atom is -0.383 e. The summed E-state index contributed by atoms with van der Waals surface area (Å²) in [7, 11) is 0. The van der Waals surface area contributed by atoms with Crippen molar-refractivity contribution in [3.05, 3.63) is 39.9 Å². The molecule has 0 saturated carbocycles. The number of anilines is 3. The lowest BCUT2D eigenvalue weighted by Crippen LogP contribution is -2.19. The number of halogens is 2. The molecule has 0 amide bonds. The molecule has 0 radical (unpaired) electrons. The first-order valence-electron chi connectivity index (χ1n) is 6.56. The van der Waals surface area contributed by atoms with E-state index in [1.165, 1.54) is 6.07 Å². The first kappa shape index (κ1) is 15.7. The molecular formula is C15H18BrFN4. The van der Waals surface area contributed by atoms with Gasteiger partial charge in [-0.1, -0.05) is 26.8 Å². The van der Waals surface area contributed by atoms with Gasteiger partial charge in [-0.3, -0.25) is 0 Å². The Bertz CT molecular complexity index is 660. The fraction of sp³-hybridized carbons (Fsp3) is 0.333. The fourth-order valence-corrected chi connectivity index (χ4v) is 2.17. The van der Waals surface area contributed by atoms with Gasteiger partial charge < -0.3 is 11.1 Å². The van der Waals surface area contributed by atoms with Crippen molar-refractivity contribution in [1.29, 1.82) is 0 Å². The standard InChI is InChI=1S/C15H18BrFN4/c1-8-12(18)20-14(15(2,3)4)21-13(8)19-11-9(16)6-5-7-10(11)17/h5-7H,1-4H3,(H3,18,19,20,21). The van der Waals surface area contributed by atoms with Crippen LogP contribution in [0.5, 0.6) is 0 Å². The van der Waals surface area contributed by atoms with Gasteiger partial charge in [0.15, 0.2) is 0 Å². The van der Waals surface area contributed by atoms with E-state index in [4.69, 9.17) is 5.73 Å². The SMILES string of the molecule is Cc1c(N)nc(C(C)(C)C)nc1Nc1c(F)cccc1Br. The topological polar surface area (TPSA) is 63.8 Å². The Labute approximate surface area is 132 Å². The molecule has 0 unspecified atom stereocenters. The molecule has 2 aromatic rings. The Hall–Kier alpha value is -1.69. The summed E-state index contributed by atoms with van der Waals surface area (Å²) in [5.74, 6) is 1.15. The molecule has 1 aromatic heterocycles. The van der Waals surface area contributed by atoms with Gasteiger partial charge in [0.25, 0.3) is 0 Å². The van der Waals surface area contributed by atoms with E-state index in [2.05, 4.69) is 31.2 Å². The molecule has 21 heavy (non-hydrogen) atoms. The van der Waals surface area contributed by atoms with Crippen molar-refractivity contribution in [1.82, 2.24) is 9.97 Å². The number of rotatable bonds is 2. The van der Waals surface area contributed by atoms with Crippen molar-refractivity contribution in [2.75, 3.05) is 11.1 Å². The summed E-state index contributed by atoms with van der Waals surface area (Å²) in [4.78, 5) is 8.80. The predicted molar refractivity (Wildman–Crippen MR) is 87.3 cm³/mol. The summed E-state index contributed by atoms with van der Waals surface area (Å²) in [6, 6.07) is 4.78. The maximum atomic E-state index is 13.9. The second-order valence-corrected chi connectivity index (χ2v) is 6.73. The second kappa shape index (κ2) is 5.60. The summed E-state index contributed by atoms with van der Waals surface area (Å²) >= 11 is 3.33. The molecule has 1 heterocycles. The third kappa shape index (κ3) is 3.32. The van der Waals surface area contributed by atoms with E-state index >= 15 is 0 Å². The number of nitrogens with one attached hydrogen (secondary N) is 1. The van der Waals surface area contributed by atoms with Gasteiger partial charge in [-0.15, -0.1) is 0 Å². The lowest BCUT2D eigenvalue weighted by atomic mass is 9.95. The molecule has 0 atom stereocenters. The maximum absolute atomic E-state index is 13.9. The Kier molecular flexibility index (Phi) is 4.18. The first-order chi connectivity index (χ1) is 9.70. The smallest absolute Gasteiger partial charge is 0.147 e. The molecule has 3 N–H and O–H groups in total. The molecule has 112 valence electrons. The molecule has 0 spiro atoms. The molecule has 0 fully saturated rings. The van der Waals surface area contributed by atoms with E-state index in [1.807, 2.05) is 20.8 Å². The van der Waals surface area contributed by atoms with Gasteiger partial charge in [-0.25, -0.2) is 14.4 Å². The van der Waals surface area contributed by atoms with Gasteiger partial charge in [0.2, 0.25) is 0 Å². The van der Waals surface area contributed by atoms with Crippen molar-refractivity contribution in [3.8, 4) is 0 Å². The zero-order valence-electron chi connectivity index (χ0n) is 12.5. The van der Waals surface area contributed by atoms with E-state index in [0.717, 1.165) is 0 Å². The molecule has 1 aromatic carbocycles. The Balaban J connectivity index is 2.52. The normalized spacial score (nSPS) is 11.5. The van der Waals surface area contributed by atoms with Crippen molar-refractivity contribution < 1.29 is 4.39 Å². The minimum absolute atomic E-state index is 0.245. The first-order valence-corrected chi connectivity index (χ1v) is 7.35. The van der Waals surface area contributed by atoms with Crippen LogP contribution in [0.2, 0.25) is 0 Å². The van der Waals surface area contributed by atoms with Crippen LogP contribution in [-0.2, 0) is 5.41 Å². The van der Waals surface area contributed by atoms with E-state index in [9.17, 15) is 4.39 Å². The highest BCUT2D eigenvalue weighted by Crippen LogP contribution is 2.31. The molecule has 0 aliphatic rings. The highest BCUT2D eigenvalue weighted by molar-refractivity contribution is 9.10. The van der Waals surface area contributed by atoms with Crippen molar-refractivity contribution in [2.45, 2.75) is 33.1 Å². The second-order valence-electron chi connectivity index (χ2n) is 5.88. The number of nitrogens with zero attached hydrogens (tertiary/aromatic N) is 2. The van der Waals surface area contributed by atoms with Crippen LogP contribution < -0.4 is 11.1 Å². The van der Waals surface area contributed by atoms with E-state index in [1.54, 1.807) is 19.1 Å². The average Bonchev–Trinajstić information content (AvgIpc) is 2.37. The molecular weight excluding hydrogens is 335 g/mol. The van der Waals surface area contributed by atoms with Crippen LogP contribution in [0.1, 0.15) is 32.2 Å². The molecule has 0 aliphatic heterocycles. The van der Waals surface area contributed by atoms with Crippen molar-refractivity contribution >= 4 is 33.3 Å². The van der Waals surface area contributed by atoms with Crippen LogP contribution in [0.4, 0.5) is 21.7 Å². The third-order valence-electron chi connectivity index (χ3n) is 3.06. The Morgan fingerprint density at radius 2 is 1.90 bits per heavy atom. The van der Waals surface area contributed by atoms with E-state index in [0.29, 0.717) is 33.2 Å². The van der Waals surface area contributed by atoms with Crippen LogP contribution in [0, 0.1) is 12.7 Å². The molecule has 0 saturated heterocycles. The van der Waals surface area contributed by atoms with E-state index < -0.39 is 0 Å². The summed E-state index contributed by atoms with van der Waals surface area (Å²) < 4.78 is 14.6. The number of hydrogen-bond acceptors (Lipinski definition) is 4. The van der Waals surface area contributed by atoms with Gasteiger partial charge in [-0.05, 0) is 35.0 Å². The number of para-hydroxylation sites is 1. The number of hydrogen-bond donors (Lipinski definition) is 2. The third-order valence-corrected chi connectivity index (χ3v) is 3.72. The van der Waals surface area contributed by atoms with Crippen LogP contribution >= 0.6 is 15.9 Å². The molecule has 0 aliphatic carbocycles. The molecule has 2 rings (SSSR count). The zero-order valence-corrected chi connectivity index (χ0v) is 14.0. The van der Waals surface area contributed by atoms with Gasteiger partial charge in [0.05, 0.1) is 5.69 Å². The Morgan fingerprint density at radius 3 is 2.48 bits per heavy atom. The van der Waals surface area contributed by atoms with Crippen molar-refractivity contribution in [3.63, 3.8) is 0 Å². The number of nitrogen functional groups attached to an aromatic ring is 1. The number of aromatic nitrogens is 2. The maximum Gasteiger partial charge on any atom is 0.147 e. The average molecular weight is 353 g/mol. The molecule has 6 heteroatoms. The Morgan fingerprint density at radius 1 is 1.24 bits per heavy atom. The number of nitrogens with two attached hydrogens (primary N) is 1. The summed E-state index contributed by atoms with van der Waals surface area (Å²) in [5, 5.41) is 3.01. The summed E-state index contributed by atoms with van der Waals surface area (Å²) in [6.45, 7) is 7.80. The molecule has 0 bridgehead atoms. The van der Waals surface area contributed by atoms with Crippen LogP contribution in [0.3, 0.4) is 0 Å².